The molecule has 0 radical (unpaired) electrons. The number of hydrogen-bond donors (Lipinski definition) is 3. The summed E-state index contributed by atoms with van der Waals surface area (Å²) in [7, 11) is 0. The number of hydrogen-bond acceptors (Lipinski definition) is 5. The summed E-state index contributed by atoms with van der Waals surface area (Å²) in [5.41, 5.74) is 0.536. The van der Waals surface area contributed by atoms with Gasteiger partial charge < -0.3 is 20.1 Å². The van der Waals surface area contributed by atoms with E-state index >= 15 is 0 Å². The molecule has 1 aliphatic heterocycles. The third kappa shape index (κ3) is 2.76. The standard InChI is InChI=1S/C13H16O5/c14-9(8-4-2-1-3-5-8)6-11-13(17)12(16)10(15)7-18-11/h1-5,10-13,15-17H,6-7H2/t10-,11+,12-,13+/m1/s1. The van der Waals surface area contributed by atoms with Crippen molar-refractivity contribution in [3.63, 3.8) is 0 Å². The van der Waals surface area contributed by atoms with Crippen LogP contribution in [0.2, 0.25) is 0 Å². The monoisotopic (exact) mass is 252 g/mol. The molecule has 0 amide bonds. The van der Waals surface area contributed by atoms with Crippen LogP contribution < -0.4 is 0 Å². The van der Waals surface area contributed by atoms with E-state index in [0.29, 0.717) is 5.56 Å². The molecule has 3 N–H and O–H groups in total. The van der Waals surface area contributed by atoms with Crippen molar-refractivity contribution >= 4 is 5.78 Å². The number of aliphatic hydroxyl groups excluding tert-OH is 3. The normalized spacial score (nSPS) is 32.2. The minimum Gasteiger partial charge on any atom is -0.388 e. The molecule has 18 heavy (non-hydrogen) atoms. The zero-order valence-corrected chi connectivity index (χ0v) is 9.77. The van der Waals surface area contributed by atoms with E-state index in [9.17, 15) is 20.1 Å². The summed E-state index contributed by atoms with van der Waals surface area (Å²) in [5, 5.41) is 28.5. The van der Waals surface area contributed by atoms with Crippen LogP contribution in [-0.4, -0.2) is 52.1 Å². The van der Waals surface area contributed by atoms with Crippen molar-refractivity contribution in [2.24, 2.45) is 0 Å². The van der Waals surface area contributed by atoms with Crippen molar-refractivity contribution in [1.29, 1.82) is 0 Å². The number of ether oxygens (including phenoxy) is 1. The van der Waals surface area contributed by atoms with Gasteiger partial charge in [0.25, 0.3) is 0 Å². The number of carbonyl (C=O) groups is 1. The third-order valence-electron chi connectivity index (χ3n) is 3.09. The van der Waals surface area contributed by atoms with Gasteiger partial charge in [0.05, 0.1) is 12.7 Å². The van der Waals surface area contributed by atoms with Crippen LogP contribution in [0.1, 0.15) is 16.8 Å². The van der Waals surface area contributed by atoms with Crippen LogP contribution in [0.15, 0.2) is 30.3 Å². The van der Waals surface area contributed by atoms with Crippen LogP contribution in [0.25, 0.3) is 0 Å². The van der Waals surface area contributed by atoms with Gasteiger partial charge in [0.2, 0.25) is 0 Å². The van der Waals surface area contributed by atoms with E-state index in [0.717, 1.165) is 0 Å². The quantitative estimate of drug-likeness (QED) is 0.645. The molecular weight excluding hydrogens is 236 g/mol. The van der Waals surface area contributed by atoms with E-state index in [2.05, 4.69) is 0 Å². The summed E-state index contributed by atoms with van der Waals surface area (Å²) < 4.78 is 5.18. The maximum atomic E-state index is 11.9. The molecule has 4 atom stereocenters. The molecule has 1 heterocycles. The van der Waals surface area contributed by atoms with Crippen LogP contribution in [0, 0.1) is 0 Å². The largest absolute Gasteiger partial charge is 0.388 e. The summed E-state index contributed by atoms with van der Waals surface area (Å²) in [5.74, 6) is -0.164. The van der Waals surface area contributed by atoms with Gasteiger partial charge >= 0.3 is 0 Å². The first-order valence-corrected chi connectivity index (χ1v) is 5.83. The lowest BCUT2D eigenvalue weighted by molar-refractivity contribution is -0.185. The SMILES string of the molecule is O=C(C[C@@H]1OC[C@@H](O)[C@@H](O)[C@H]1O)c1ccccc1. The first kappa shape index (κ1) is 13.2. The molecule has 5 nitrogen and oxygen atoms in total. The summed E-state index contributed by atoms with van der Waals surface area (Å²) >= 11 is 0. The van der Waals surface area contributed by atoms with Crippen LogP contribution in [0.5, 0.6) is 0 Å². The van der Waals surface area contributed by atoms with Gasteiger partial charge in [-0.25, -0.2) is 0 Å². The van der Waals surface area contributed by atoms with Crippen molar-refractivity contribution in [2.45, 2.75) is 30.8 Å². The van der Waals surface area contributed by atoms with Gasteiger partial charge in [0, 0.05) is 12.0 Å². The highest BCUT2D eigenvalue weighted by Crippen LogP contribution is 2.19. The van der Waals surface area contributed by atoms with E-state index in [1.54, 1.807) is 24.3 Å². The molecule has 1 aromatic carbocycles. The molecular formula is C13H16O5. The van der Waals surface area contributed by atoms with Gasteiger partial charge in [-0.05, 0) is 0 Å². The molecule has 0 aromatic heterocycles. The fraction of sp³-hybridized carbons (Fsp3) is 0.462. The average molecular weight is 252 g/mol. The minimum absolute atomic E-state index is 0.0189. The average Bonchev–Trinajstić information content (AvgIpc) is 2.40. The number of aliphatic hydroxyl groups is 3. The number of Topliss-reactive ketones (excluding diaryl/α,β-unsaturated/α-hetero) is 1. The predicted molar refractivity (Wildman–Crippen MR) is 63.1 cm³/mol. The number of rotatable bonds is 3. The number of benzene rings is 1. The highest BCUT2D eigenvalue weighted by atomic mass is 16.5. The molecule has 5 heteroatoms. The second-order valence-corrected chi connectivity index (χ2v) is 4.41. The highest BCUT2D eigenvalue weighted by molar-refractivity contribution is 5.96. The Morgan fingerprint density at radius 2 is 1.83 bits per heavy atom. The Morgan fingerprint density at radius 3 is 2.50 bits per heavy atom. The Labute approximate surface area is 105 Å². The van der Waals surface area contributed by atoms with Crippen molar-refractivity contribution < 1.29 is 24.9 Å². The van der Waals surface area contributed by atoms with Gasteiger partial charge in [-0.2, -0.15) is 0 Å². The van der Waals surface area contributed by atoms with Gasteiger partial charge in [-0.3, -0.25) is 4.79 Å². The van der Waals surface area contributed by atoms with Crippen molar-refractivity contribution in [2.75, 3.05) is 6.61 Å². The maximum absolute atomic E-state index is 11.9. The Hall–Kier alpha value is -1.27. The Balaban J connectivity index is 2.00. The van der Waals surface area contributed by atoms with Crippen molar-refractivity contribution in [3.8, 4) is 0 Å². The lowest BCUT2D eigenvalue weighted by Gasteiger charge is -2.34. The van der Waals surface area contributed by atoms with Crippen LogP contribution in [-0.2, 0) is 4.74 Å². The molecule has 0 spiro atoms. The molecule has 1 aromatic rings. The summed E-state index contributed by atoms with van der Waals surface area (Å²) in [4.78, 5) is 11.9. The van der Waals surface area contributed by atoms with E-state index < -0.39 is 24.4 Å². The third-order valence-corrected chi connectivity index (χ3v) is 3.09. The number of carbonyl (C=O) groups excluding carboxylic acids is 1. The fourth-order valence-corrected chi connectivity index (χ4v) is 1.97. The smallest absolute Gasteiger partial charge is 0.165 e. The molecule has 0 saturated carbocycles. The van der Waals surface area contributed by atoms with Crippen LogP contribution in [0.4, 0.5) is 0 Å². The van der Waals surface area contributed by atoms with Gasteiger partial charge in [0.1, 0.15) is 18.3 Å². The molecule has 0 aliphatic carbocycles. The van der Waals surface area contributed by atoms with Gasteiger partial charge in [0.15, 0.2) is 5.78 Å². The van der Waals surface area contributed by atoms with E-state index in [-0.39, 0.29) is 18.8 Å². The summed E-state index contributed by atoms with van der Waals surface area (Å²) in [6.07, 6.45) is -4.43. The summed E-state index contributed by atoms with van der Waals surface area (Å²) in [6, 6.07) is 8.68. The molecule has 0 bridgehead atoms. The highest BCUT2D eigenvalue weighted by Gasteiger charge is 2.38. The van der Waals surface area contributed by atoms with E-state index in [1.807, 2.05) is 6.07 Å². The Bertz CT molecular complexity index is 405. The molecule has 98 valence electrons. The second-order valence-electron chi connectivity index (χ2n) is 4.41. The minimum atomic E-state index is -1.27. The van der Waals surface area contributed by atoms with Gasteiger partial charge in [-0.15, -0.1) is 0 Å². The molecule has 2 rings (SSSR count). The zero-order chi connectivity index (χ0) is 13.1. The molecule has 1 fully saturated rings. The van der Waals surface area contributed by atoms with Crippen molar-refractivity contribution in [3.05, 3.63) is 35.9 Å². The maximum Gasteiger partial charge on any atom is 0.165 e. The number of ketones is 1. The first-order chi connectivity index (χ1) is 8.59. The topological polar surface area (TPSA) is 87.0 Å². The predicted octanol–water partition coefficient (Wildman–Crippen LogP) is -0.259. The fourth-order valence-electron chi connectivity index (χ4n) is 1.97. The lowest BCUT2D eigenvalue weighted by atomic mass is 9.94. The van der Waals surface area contributed by atoms with Crippen molar-refractivity contribution in [1.82, 2.24) is 0 Å². The Morgan fingerprint density at radius 1 is 1.17 bits per heavy atom. The second kappa shape index (κ2) is 5.58. The summed E-state index contributed by atoms with van der Waals surface area (Å²) in [6.45, 7) is -0.0784. The van der Waals surface area contributed by atoms with Crippen LogP contribution >= 0.6 is 0 Å². The first-order valence-electron chi connectivity index (χ1n) is 5.83. The molecule has 1 aliphatic rings. The van der Waals surface area contributed by atoms with Gasteiger partial charge in [-0.1, -0.05) is 30.3 Å². The zero-order valence-electron chi connectivity index (χ0n) is 9.77. The molecule has 1 saturated heterocycles. The van der Waals surface area contributed by atoms with Crippen LogP contribution in [0.3, 0.4) is 0 Å². The van der Waals surface area contributed by atoms with E-state index in [1.165, 1.54) is 0 Å². The lowest BCUT2D eigenvalue weighted by Crippen LogP contribution is -2.53. The molecule has 0 unspecified atom stereocenters. The van der Waals surface area contributed by atoms with E-state index in [4.69, 9.17) is 4.74 Å². The Kier molecular flexibility index (Phi) is 4.08.